The van der Waals surface area contributed by atoms with E-state index in [0.29, 0.717) is 16.9 Å². The molecular formula is C17H18NO5S+. The summed E-state index contributed by atoms with van der Waals surface area (Å²) in [5.41, 5.74) is 7.00. The fourth-order valence-corrected chi connectivity index (χ4v) is 2.46. The van der Waals surface area contributed by atoms with E-state index < -0.39 is 22.7 Å². The van der Waals surface area contributed by atoms with Crippen LogP contribution in [0.15, 0.2) is 70.2 Å². The lowest BCUT2D eigenvalue weighted by molar-refractivity contribution is -0.138. The summed E-state index contributed by atoms with van der Waals surface area (Å²) in [5.74, 6) is -0.959. The van der Waals surface area contributed by atoms with Gasteiger partial charge in [-0.25, -0.2) is 8.42 Å². The summed E-state index contributed by atoms with van der Waals surface area (Å²) in [6.45, 7) is 0. The van der Waals surface area contributed by atoms with E-state index in [2.05, 4.69) is 0 Å². The van der Waals surface area contributed by atoms with E-state index in [-0.39, 0.29) is 1.43 Å². The number of aliphatic carboxylic acids is 1. The Labute approximate surface area is 142 Å². The number of rotatable bonds is 4. The van der Waals surface area contributed by atoms with Crippen molar-refractivity contribution in [1.82, 2.24) is 0 Å². The van der Waals surface area contributed by atoms with E-state index >= 15 is 0 Å². The lowest BCUT2D eigenvalue weighted by Crippen LogP contribution is -2.32. The number of furan rings is 1. The molecule has 0 saturated heterocycles. The lowest BCUT2D eigenvalue weighted by atomic mass is 10.1. The molecule has 7 heteroatoms. The number of thiol groups is 1. The van der Waals surface area contributed by atoms with Crippen molar-refractivity contribution in [1.29, 1.82) is 0 Å². The summed E-state index contributed by atoms with van der Waals surface area (Å²) < 4.78 is 26.2. The Kier molecular flexibility index (Phi) is 6.11. The molecule has 3 rings (SSSR count). The maximum absolute atomic E-state index is 10.6. The van der Waals surface area contributed by atoms with Gasteiger partial charge in [-0.15, -0.1) is 0 Å². The fourth-order valence-electron chi connectivity index (χ4n) is 2.02. The number of nitrogens with two attached hydrogens (primary N) is 1. The van der Waals surface area contributed by atoms with Crippen LogP contribution in [0.1, 0.15) is 6.99 Å². The molecule has 3 aromatic rings. The van der Waals surface area contributed by atoms with Crippen molar-refractivity contribution in [2.45, 2.75) is 17.4 Å². The van der Waals surface area contributed by atoms with Crippen LogP contribution in [0.5, 0.6) is 0 Å². The molecule has 1 heterocycles. The van der Waals surface area contributed by atoms with Crippen molar-refractivity contribution in [2.24, 2.45) is 5.73 Å². The van der Waals surface area contributed by atoms with Gasteiger partial charge < -0.3 is 15.3 Å². The van der Waals surface area contributed by atoms with Crippen LogP contribution in [-0.4, -0.2) is 25.5 Å². The van der Waals surface area contributed by atoms with E-state index in [1.165, 1.54) is 12.3 Å². The third-order valence-corrected chi connectivity index (χ3v) is 3.96. The quantitative estimate of drug-likeness (QED) is 0.623. The summed E-state index contributed by atoms with van der Waals surface area (Å²) in [5, 5.41) is 9.33. The van der Waals surface area contributed by atoms with Crippen molar-refractivity contribution >= 4 is 27.6 Å². The Morgan fingerprint density at radius 1 is 1.17 bits per heavy atom. The van der Waals surface area contributed by atoms with Crippen LogP contribution in [-0.2, 0) is 21.9 Å². The van der Waals surface area contributed by atoms with Crippen LogP contribution in [0.4, 0.5) is 0 Å². The molecule has 0 spiro atoms. The molecule has 0 bridgehead atoms. The van der Waals surface area contributed by atoms with Gasteiger partial charge in [-0.2, -0.15) is 0 Å². The van der Waals surface area contributed by atoms with Crippen LogP contribution in [0.3, 0.4) is 0 Å². The van der Waals surface area contributed by atoms with E-state index in [0.717, 1.165) is 10.9 Å². The Hall–Kier alpha value is -2.64. The predicted molar refractivity (Wildman–Crippen MR) is 91.7 cm³/mol. The number of carboxylic acid groups (broad SMARTS) is 1. The molecule has 0 amide bonds. The van der Waals surface area contributed by atoms with Crippen molar-refractivity contribution < 1.29 is 24.2 Å². The molecule has 2 aromatic carbocycles. The SMILES string of the molecule is N[C@@H](Cc1ccccc1)C(=O)O.O=[SH](=O)c1ccc2occc2c1.[H+]. The van der Waals surface area contributed by atoms with Gasteiger partial charge in [-0.1, -0.05) is 30.3 Å². The first-order valence-corrected chi connectivity index (χ1v) is 8.29. The van der Waals surface area contributed by atoms with Gasteiger partial charge in [-0.05, 0) is 36.2 Å². The molecule has 6 nitrogen and oxygen atoms in total. The van der Waals surface area contributed by atoms with Gasteiger partial charge in [0.05, 0.1) is 11.2 Å². The predicted octanol–water partition coefficient (Wildman–Crippen LogP) is 2.16. The normalized spacial score (nSPS) is 11.8. The van der Waals surface area contributed by atoms with Gasteiger partial charge in [0.15, 0.2) is 10.7 Å². The average Bonchev–Trinajstić information content (AvgIpc) is 3.03. The second-order valence-electron chi connectivity index (χ2n) is 5.03. The number of fused-ring (bicyclic) bond motifs is 1. The minimum atomic E-state index is -2.49. The minimum Gasteiger partial charge on any atom is -0.480 e. The first-order valence-electron chi connectivity index (χ1n) is 7.11. The summed E-state index contributed by atoms with van der Waals surface area (Å²) in [4.78, 5) is 10.7. The standard InChI is InChI=1S/C9H11NO2.C8H6O3S/c10-8(9(11)12)6-7-4-2-1-3-5-7;9-12(10)7-1-2-8-6(5-7)3-4-11-8/h1-5,8H,6,10H2,(H,11,12);1-5,12H/p+1/t8-;/m0./s1. The molecule has 1 aromatic heterocycles. The highest BCUT2D eigenvalue weighted by atomic mass is 32.2. The van der Waals surface area contributed by atoms with Gasteiger partial charge in [0, 0.05) is 5.39 Å². The second kappa shape index (κ2) is 8.28. The van der Waals surface area contributed by atoms with Crippen LogP contribution in [0, 0.1) is 0 Å². The summed E-state index contributed by atoms with van der Waals surface area (Å²) in [6, 6.07) is 15.0. The van der Waals surface area contributed by atoms with Crippen molar-refractivity contribution in [2.75, 3.05) is 0 Å². The maximum atomic E-state index is 10.6. The van der Waals surface area contributed by atoms with Crippen molar-refractivity contribution in [3.63, 3.8) is 0 Å². The molecule has 24 heavy (non-hydrogen) atoms. The maximum Gasteiger partial charge on any atom is 1.00 e. The van der Waals surface area contributed by atoms with Crippen LogP contribution >= 0.6 is 0 Å². The molecular weight excluding hydrogens is 330 g/mol. The Morgan fingerprint density at radius 3 is 2.50 bits per heavy atom. The zero-order chi connectivity index (χ0) is 17.5. The monoisotopic (exact) mass is 348 g/mol. The molecule has 0 aliphatic carbocycles. The number of carboxylic acids is 1. The topological polar surface area (TPSA) is 111 Å². The van der Waals surface area contributed by atoms with E-state index in [1.807, 2.05) is 30.3 Å². The third-order valence-electron chi connectivity index (χ3n) is 3.26. The summed E-state index contributed by atoms with van der Waals surface area (Å²) in [7, 11) is -2.49. The van der Waals surface area contributed by atoms with Crippen LogP contribution in [0.2, 0.25) is 0 Å². The zero-order valence-corrected chi connectivity index (χ0v) is 13.6. The molecule has 0 radical (unpaired) electrons. The van der Waals surface area contributed by atoms with Gasteiger partial charge in [0.2, 0.25) is 0 Å². The molecule has 1 atom stereocenters. The number of hydrogen-bond donors (Lipinski definition) is 3. The summed E-state index contributed by atoms with van der Waals surface area (Å²) in [6.07, 6.45) is 1.92. The van der Waals surface area contributed by atoms with Gasteiger partial charge in [-0.3, -0.25) is 4.79 Å². The van der Waals surface area contributed by atoms with E-state index in [4.69, 9.17) is 15.3 Å². The van der Waals surface area contributed by atoms with Gasteiger partial charge in [0.1, 0.15) is 11.6 Å². The first-order chi connectivity index (χ1) is 11.5. The number of benzene rings is 2. The Bertz CT molecular complexity index is 884. The van der Waals surface area contributed by atoms with Gasteiger partial charge >= 0.3 is 7.40 Å². The van der Waals surface area contributed by atoms with Crippen LogP contribution in [0.25, 0.3) is 11.0 Å². The number of carbonyl (C=O) groups is 1. The third kappa shape index (κ3) is 4.94. The molecule has 3 N–H and O–H groups in total. The Morgan fingerprint density at radius 2 is 1.88 bits per heavy atom. The number of hydrogen-bond acceptors (Lipinski definition) is 5. The highest BCUT2D eigenvalue weighted by molar-refractivity contribution is 7.72. The largest absolute Gasteiger partial charge is 1.00 e. The highest BCUT2D eigenvalue weighted by Crippen LogP contribution is 2.17. The minimum absolute atomic E-state index is 0. The molecule has 0 unspecified atom stereocenters. The molecule has 0 fully saturated rings. The summed E-state index contributed by atoms with van der Waals surface area (Å²) >= 11 is 0. The molecule has 0 aliphatic rings. The first kappa shape index (κ1) is 17.7. The second-order valence-corrected chi connectivity index (χ2v) is 6.06. The van der Waals surface area contributed by atoms with E-state index in [1.54, 1.807) is 18.2 Å². The molecule has 0 aliphatic heterocycles. The van der Waals surface area contributed by atoms with Gasteiger partial charge in [0.25, 0.3) is 0 Å². The molecule has 126 valence electrons. The smallest absolute Gasteiger partial charge is 0.480 e. The fraction of sp³-hybridized carbons (Fsp3) is 0.118. The van der Waals surface area contributed by atoms with Crippen LogP contribution < -0.4 is 5.73 Å². The Balaban J connectivity index is 0.000000240. The van der Waals surface area contributed by atoms with Crippen molar-refractivity contribution in [3.05, 3.63) is 66.4 Å². The lowest BCUT2D eigenvalue weighted by Gasteiger charge is -2.04. The average molecular weight is 348 g/mol. The zero-order valence-electron chi connectivity index (χ0n) is 13.7. The van der Waals surface area contributed by atoms with E-state index in [9.17, 15) is 13.2 Å². The van der Waals surface area contributed by atoms with Crippen molar-refractivity contribution in [3.8, 4) is 0 Å². The molecule has 0 saturated carbocycles. The highest BCUT2D eigenvalue weighted by Gasteiger charge is 2.10.